The summed E-state index contributed by atoms with van der Waals surface area (Å²) in [5.41, 5.74) is 8.59. The fraction of sp³-hybridized carbons (Fsp3) is 0.667. The first-order chi connectivity index (χ1) is 12.5. The number of hydrogen-bond donors (Lipinski definition) is 2. The van der Waals surface area contributed by atoms with Gasteiger partial charge in [-0.05, 0) is 65.4 Å². The van der Waals surface area contributed by atoms with Crippen LogP contribution in [0.25, 0.3) is 11.0 Å². The number of fused-ring (bicyclic) bond motifs is 1. The lowest BCUT2D eigenvalue weighted by Gasteiger charge is -2.29. The van der Waals surface area contributed by atoms with Gasteiger partial charge in [-0.2, -0.15) is 5.10 Å². The standard InChI is InChI=1S/C21H33N5O.2ClH/c1-12(2)16-10-15(19(27)24-21(7,11-22)14-8-9-14)17-13(3)25-26(18(17)23-16)20(4,5)6;;/h10,12,14H,8-9,11,22H2,1-7H3,(H,24,27);2*1H. The first kappa shape index (κ1) is 25.7. The molecule has 1 aliphatic carbocycles. The molecule has 29 heavy (non-hydrogen) atoms. The minimum absolute atomic E-state index is 0. The molecule has 2 aromatic heterocycles. The Labute approximate surface area is 186 Å². The first-order valence-electron chi connectivity index (χ1n) is 9.91. The maximum Gasteiger partial charge on any atom is 0.252 e. The van der Waals surface area contributed by atoms with Crippen LogP contribution >= 0.6 is 24.8 Å². The molecular weight excluding hydrogens is 409 g/mol. The number of amides is 1. The van der Waals surface area contributed by atoms with Crippen molar-refractivity contribution in [3.05, 3.63) is 23.0 Å². The normalized spacial score (nSPS) is 16.2. The molecule has 1 fully saturated rings. The van der Waals surface area contributed by atoms with Crippen molar-refractivity contribution in [2.45, 2.75) is 78.3 Å². The van der Waals surface area contributed by atoms with Crippen LogP contribution in [0, 0.1) is 12.8 Å². The molecule has 8 heteroatoms. The van der Waals surface area contributed by atoms with Gasteiger partial charge >= 0.3 is 0 Å². The number of nitrogens with one attached hydrogen (secondary N) is 1. The minimum Gasteiger partial charge on any atom is -0.345 e. The van der Waals surface area contributed by atoms with Gasteiger partial charge in [0.1, 0.15) is 0 Å². The molecule has 1 atom stereocenters. The van der Waals surface area contributed by atoms with Gasteiger partial charge in [-0.25, -0.2) is 9.67 Å². The molecule has 2 heterocycles. The Bertz CT molecular complexity index is 883. The summed E-state index contributed by atoms with van der Waals surface area (Å²) in [5, 5.41) is 8.78. The molecule has 0 spiro atoms. The quantitative estimate of drug-likeness (QED) is 0.719. The lowest BCUT2D eigenvalue weighted by Crippen LogP contribution is -2.53. The number of aromatic nitrogens is 3. The summed E-state index contributed by atoms with van der Waals surface area (Å²) in [7, 11) is 0. The van der Waals surface area contributed by atoms with Crippen LogP contribution in [0.3, 0.4) is 0 Å². The van der Waals surface area contributed by atoms with E-state index < -0.39 is 0 Å². The van der Waals surface area contributed by atoms with Crippen LogP contribution in [-0.4, -0.2) is 32.8 Å². The van der Waals surface area contributed by atoms with Gasteiger partial charge in [0.2, 0.25) is 0 Å². The number of nitrogens with zero attached hydrogens (tertiary/aromatic N) is 3. The van der Waals surface area contributed by atoms with Crippen molar-refractivity contribution in [3.63, 3.8) is 0 Å². The summed E-state index contributed by atoms with van der Waals surface area (Å²) >= 11 is 0. The van der Waals surface area contributed by atoms with Gasteiger partial charge in [0.25, 0.3) is 5.91 Å². The lowest BCUT2D eigenvalue weighted by atomic mass is 9.94. The fourth-order valence-corrected chi connectivity index (χ4v) is 3.62. The second-order valence-electron chi connectivity index (χ2n) is 9.47. The van der Waals surface area contributed by atoms with Gasteiger partial charge in [-0.15, -0.1) is 24.8 Å². The highest BCUT2D eigenvalue weighted by atomic mass is 35.5. The number of halogens is 2. The van der Waals surface area contributed by atoms with Gasteiger partial charge in [-0.3, -0.25) is 4.79 Å². The largest absolute Gasteiger partial charge is 0.345 e. The molecule has 3 rings (SSSR count). The first-order valence-corrected chi connectivity index (χ1v) is 9.91. The SMILES string of the molecule is Cc1nn(C(C)(C)C)c2nc(C(C)C)cc(C(=O)NC(C)(CN)C3CC3)c12.Cl.Cl. The molecule has 0 bridgehead atoms. The predicted octanol–water partition coefficient (Wildman–Crippen LogP) is 4.32. The zero-order valence-electron chi connectivity index (χ0n) is 18.5. The number of aryl methyl sites for hydroxylation is 1. The Morgan fingerprint density at radius 1 is 1.28 bits per heavy atom. The zero-order valence-corrected chi connectivity index (χ0v) is 20.1. The average Bonchev–Trinajstić information content (AvgIpc) is 3.37. The third-order valence-electron chi connectivity index (χ3n) is 5.61. The van der Waals surface area contributed by atoms with E-state index in [4.69, 9.17) is 15.8 Å². The van der Waals surface area contributed by atoms with E-state index in [0.717, 1.165) is 35.3 Å². The van der Waals surface area contributed by atoms with E-state index in [1.807, 2.05) is 17.7 Å². The summed E-state index contributed by atoms with van der Waals surface area (Å²) in [5.74, 6) is 0.598. The highest BCUT2D eigenvalue weighted by Crippen LogP contribution is 2.39. The van der Waals surface area contributed by atoms with Crippen LogP contribution in [-0.2, 0) is 5.54 Å². The zero-order chi connectivity index (χ0) is 20.1. The van der Waals surface area contributed by atoms with E-state index in [0.29, 0.717) is 18.0 Å². The van der Waals surface area contributed by atoms with Crippen molar-refractivity contribution in [2.24, 2.45) is 11.7 Å². The summed E-state index contributed by atoms with van der Waals surface area (Å²) in [6.45, 7) is 14.9. The van der Waals surface area contributed by atoms with E-state index in [1.54, 1.807) is 0 Å². The number of carbonyl (C=O) groups is 1. The Morgan fingerprint density at radius 2 is 1.86 bits per heavy atom. The smallest absolute Gasteiger partial charge is 0.252 e. The van der Waals surface area contributed by atoms with Crippen LogP contribution < -0.4 is 11.1 Å². The van der Waals surface area contributed by atoms with Crippen molar-refractivity contribution < 1.29 is 4.79 Å². The predicted molar refractivity (Wildman–Crippen MR) is 123 cm³/mol. The molecular formula is C21H35Cl2N5O. The minimum atomic E-state index is -0.363. The Balaban J connectivity index is 0.00000210. The second kappa shape index (κ2) is 8.78. The molecule has 0 saturated heterocycles. The molecule has 0 aromatic carbocycles. The molecule has 1 amide bonds. The van der Waals surface area contributed by atoms with Crippen LogP contribution in [0.1, 0.15) is 82.0 Å². The lowest BCUT2D eigenvalue weighted by molar-refractivity contribution is 0.0899. The molecule has 0 radical (unpaired) electrons. The third-order valence-corrected chi connectivity index (χ3v) is 5.61. The van der Waals surface area contributed by atoms with Crippen molar-refractivity contribution in [1.82, 2.24) is 20.1 Å². The third kappa shape index (κ3) is 4.86. The van der Waals surface area contributed by atoms with Crippen LogP contribution in [0.2, 0.25) is 0 Å². The van der Waals surface area contributed by atoms with Crippen LogP contribution in [0.4, 0.5) is 0 Å². The molecule has 0 aliphatic heterocycles. The topological polar surface area (TPSA) is 85.8 Å². The molecule has 1 aliphatic rings. The molecule has 1 saturated carbocycles. The summed E-state index contributed by atoms with van der Waals surface area (Å²) in [6, 6.07) is 1.92. The number of pyridine rings is 1. The Kier molecular flexibility index (Phi) is 7.77. The van der Waals surface area contributed by atoms with Gasteiger partial charge in [0.05, 0.1) is 27.7 Å². The van der Waals surface area contributed by atoms with Gasteiger partial charge < -0.3 is 11.1 Å². The number of hydrogen-bond acceptors (Lipinski definition) is 4. The maximum absolute atomic E-state index is 13.3. The molecule has 1 unspecified atom stereocenters. The van der Waals surface area contributed by atoms with E-state index in [-0.39, 0.29) is 47.7 Å². The summed E-state index contributed by atoms with van der Waals surface area (Å²) in [6.07, 6.45) is 2.25. The molecule has 2 aromatic rings. The Hall–Kier alpha value is -1.37. The van der Waals surface area contributed by atoms with Gasteiger partial charge in [0.15, 0.2) is 5.65 Å². The molecule has 6 nitrogen and oxygen atoms in total. The van der Waals surface area contributed by atoms with Crippen molar-refractivity contribution in [1.29, 1.82) is 0 Å². The molecule has 3 N–H and O–H groups in total. The summed E-state index contributed by atoms with van der Waals surface area (Å²) < 4.78 is 1.93. The van der Waals surface area contributed by atoms with E-state index in [1.165, 1.54) is 0 Å². The van der Waals surface area contributed by atoms with Gasteiger partial charge in [-0.1, -0.05) is 13.8 Å². The maximum atomic E-state index is 13.3. The Morgan fingerprint density at radius 3 is 2.31 bits per heavy atom. The fourth-order valence-electron chi connectivity index (χ4n) is 3.62. The second-order valence-corrected chi connectivity index (χ2v) is 9.47. The van der Waals surface area contributed by atoms with E-state index in [2.05, 4.69) is 46.9 Å². The number of rotatable bonds is 5. The van der Waals surface area contributed by atoms with Gasteiger partial charge in [0, 0.05) is 12.2 Å². The van der Waals surface area contributed by atoms with Crippen molar-refractivity contribution in [3.8, 4) is 0 Å². The number of carbonyl (C=O) groups excluding carboxylic acids is 1. The summed E-state index contributed by atoms with van der Waals surface area (Å²) in [4.78, 5) is 18.2. The van der Waals surface area contributed by atoms with Crippen molar-refractivity contribution >= 4 is 41.8 Å². The monoisotopic (exact) mass is 443 g/mol. The van der Waals surface area contributed by atoms with E-state index >= 15 is 0 Å². The average molecular weight is 444 g/mol. The van der Waals surface area contributed by atoms with Crippen LogP contribution in [0.15, 0.2) is 6.07 Å². The highest BCUT2D eigenvalue weighted by Gasteiger charge is 2.42. The highest BCUT2D eigenvalue weighted by molar-refractivity contribution is 6.07. The molecule has 164 valence electrons. The van der Waals surface area contributed by atoms with Crippen LogP contribution in [0.5, 0.6) is 0 Å². The van der Waals surface area contributed by atoms with Crippen molar-refractivity contribution in [2.75, 3.05) is 6.54 Å². The van der Waals surface area contributed by atoms with E-state index in [9.17, 15) is 4.79 Å². The number of nitrogens with two attached hydrogens (primary N) is 1.